The molecule has 0 unspecified atom stereocenters. The average Bonchev–Trinajstić information content (AvgIpc) is 2.74. The standard InChI is InChI=1S/C23H21N3OS/c1-16-11-13-18(14-12-16)24-23(28)26-25-20-15-22(17-7-3-2-4-8-17)27-21-10-6-5-9-19(20)21/h2-14,22H,15H2,1H3,(H2,24,26,28)/t22-/m0/s1. The van der Waals surface area contributed by atoms with E-state index in [9.17, 15) is 0 Å². The van der Waals surface area contributed by atoms with Crippen molar-refractivity contribution in [3.8, 4) is 5.75 Å². The van der Waals surface area contributed by atoms with Crippen LogP contribution in [0.25, 0.3) is 0 Å². The molecule has 0 spiro atoms. The van der Waals surface area contributed by atoms with E-state index < -0.39 is 0 Å². The normalized spacial score (nSPS) is 16.8. The van der Waals surface area contributed by atoms with Crippen LogP contribution in [0.3, 0.4) is 0 Å². The fourth-order valence-electron chi connectivity index (χ4n) is 3.16. The number of rotatable bonds is 3. The van der Waals surface area contributed by atoms with E-state index in [2.05, 4.69) is 34.9 Å². The minimum absolute atomic E-state index is 0.0738. The first-order chi connectivity index (χ1) is 13.7. The lowest BCUT2D eigenvalue weighted by molar-refractivity contribution is 0.206. The van der Waals surface area contributed by atoms with Gasteiger partial charge in [0.2, 0.25) is 0 Å². The number of aryl methyl sites for hydroxylation is 1. The fraction of sp³-hybridized carbons (Fsp3) is 0.130. The number of hydrazone groups is 1. The predicted octanol–water partition coefficient (Wildman–Crippen LogP) is 5.21. The molecule has 1 aliphatic heterocycles. The van der Waals surface area contributed by atoms with Crippen molar-refractivity contribution in [1.29, 1.82) is 0 Å². The average molecular weight is 388 g/mol. The summed E-state index contributed by atoms with van der Waals surface area (Å²) in [6, 6.07) is 26.2. The molecule has 1 aliphatic rings. The zero-order valence-corrected chi connectivity index (χ0v) is 16.4. The zero-order valence-electron chi connectivity index (χ0n) is 15.6. The Morgan fingerprint density at radius 3 is 2.46 bits per heavy atom. The molecule has 4 nitrogen and oxygen atoms in total. The Kier molecular flexibility index (Phi) is 5.35. The van der Waals surface area contributed by atoms with Crippen molar-refractivity contribution >= 4 is 28.7 Å². The lowest BCUT2D eigenvalue weighted by Gasteiger charge is -2.27. The molecule has 3 aromatic rings. The van der Waals surface area contributed by atoms with E-state index in [0.717, 1.165) is 28.3 Å². The van der Waals surface area contributed by atoms with Crippen molar-refractivity contribution < 1.29 is 4.74 Å². The van der Waals surface area contributed by atoms with Gasteiger partial charge in [0.25, 0.3) is 0 Å². The summed E-state index contributed by atoms with van der Waals surface area (Å²) in [5, 5.41) is 8.21. The summed E-state index contributed by atoms with van der Waals surface area (Å²) >= 11 is 5.40. The van der Waals surface area contributed by atoms with Gasteiger partial charge in [-0.15, -0.1) is 0 Å². The number of benzene rings is 3. The number of fused-ring (bicyclic) bond motifs is 1. The summed E-state index contributed by atoms with van der Waals surface area (Å²) in [4.78, 5) is 0. The molecule has 0 aliphatic carbocycles. The number of nitrogens with zero attached hydrogens (tertiary/aromatic N) is 1. The molecular formula is C23H21N3OS. The largest absolute Gasteiger partial charge is 0.485 e. The number of hydrogen-bond acceptors (Lipinski definition) is 3. The molecule has 0 amide bonds. The molecule has 2 N–H and O–H groups in total. The van der Waals surface area contributed by atoms with E-state index >= 15 is 0 Å². The van der Waals surface area contributed by atoms with Crippen molar-refractivity contribution in [2.45, 2.75) is 19.4 Å². The molecule has 1 heterocycles. The van der Waals surface area contributed by atoms with Crippen LogP contribution in [-0.2, 0) is 0 Å². The fourth-order valence-corrected chi connectivity index (χ4v) is 3.33. The van der Waals surface area contributed by atoms with Gasteiger partial charge in [-0.25, -0.2) is 0 Å². The van der Waals surface area contributed by atoms with Gasteiger partial charge in [-0.1, -0.05) is 60.2 Å². The molecule has 1 atom stereocenters. The molecule has 0 saturated heterocycles. The number of nitrogens with one attached hydrogen (secondary N) is 2. The van der Waals surface area contributed by atoms with Gasteiger partial charge in [-0.05, 0) is 49.0 Å². The molecule has 4 rings (SSSR count). The van der Waals surface area contributed by atoms with Crippen LogP contribution >= 0.6 is 12.2 Å². The highest BCUT2D eigenvalue weighted by Crippen LogP contribution is 2.34. The number of para-hydroxylation sites is 1. The van der Waals surface area contributed by atoms with Gasteiger partial charge < -0.3 is 10.1 Å². The van der Waals surface area contributed by atoms with Gasteiger partial charge in [-0.3, -0.25) is 5.43 Å². The number of anilines is 1. The Labute approximate surface area is 170 Å². The van der Waals surface area contributed by atoms with Crippen molar-refractivity contribution in [2.24, 2.45) is 5.10 Å². The summed E-state index contributed by atoms with van der Waals surface area (Å²) in [6.45, 7) is 2.05. The number of hydrogen-bond donors (Lipinski definition) is 2. The molecular weight excluding hydrogens is 366 g/mol. The summed E-state index contributed by atoms with van der Waals surface area (Å²) in [7, 11) is 0. The third kappa shape index (κ3) is 4.21. The van der Waals surface area contributed by atoms with E-state index in [-0.39, 0.29) is 6.10 Å². The van der Waals surface area contributed by atoms with Crippen LogP contribution in [-0.4, -0.2) is 10.8 Å². The molecule has 0 aromatic heterocycles. The van der Waals surface area contributed by atoms with Crippen LogP contribution in [0.4, 0.5) is 5.69 Å². The summed E-state index contributed by atoms with van der Waals surface area (Å²) in [5.41, 5.74) is 8.15. The lowest BCUT2D eigenvalue weighted by atomic mass is 9.96. The highest BCUT2D eigenvalue weighted by Gasteiger charge is 2.26. The maximum absolute atomic E-state index is 6.20. The highest BCUT2D eigenvalue weighted by atomic mass is 32.1. The van der Waals surface area contributed by atoms with Crippen molar-refractivity contribution in [3.05, 3.63) is 95.6 Å². The second-order valence-electron chi connectivity index (χ2n) is 6.71. The molecule has 0 fully saturated rings. The van der Waals surface area contributed by atoms with Gasteiger partial charge >= 0.3 is 0 Å². The van der Waals surface area contributed by atoms with E-state index in [4.69, 9.17) is 17.0 Å². The molecule has 28 heavy (non-hydrogen) atoms. The Hall–Kier alpha value is -3.18. The maximum atomic E-state index is 6.20. The van der Waals surface area contributed by atoms with Gasteiger partial charge in [0.05, 0.1) is 5.71 Å². The second kappa shape index (κ2) is 8.23. The number of thiocarbonyl (C=S) groups is 1. The first-order valence-corrected chi connectivity index (χ1v) is 9.61. The van der Waals surface area contributed by atoms with Gasteiger partial charge in [0.15, 0.2) is 5.11 Å². The van der Waals surface area contributed by atoms with Gasteiger partial charge in [-0.2, -0.15) is 5.10 Å². The molecule has 5 heteroatoms. The Morgan fingerprint density at radius 2 is 1.68 bits per heavy atom. The Morgan fingerprint density at radius 1 is 0.964 bits per heavy atom. The maximum Gasteiger partial charge on any atom is 0.191 e. The minimum Gasteiger partial charge on any atom is -0.485 e. The van der Waals surface area contributed by atoms with Crippen LogP contribution in [0.1, 0.15) is 29.2 Å². The first-order valence-electron chi connectivity index (χ1n) is 9.20. The third-order valence-electron chi connectivity index (χ3n) is 4.62. The minimum atomic E-state index is -0.0738. The van der Waals surface area contributed by atoms with E-state index in [1.807, 2.05) is 66.7 Å². The third-order valence-corrected chi connectivity index (χ3v) is 4.81. The zero-order chi connectivity index (χ0) is 19.3. The smallest absolute Gasteiger partial charge is 0.191 e. The molecule has 3 aromatic carbocycles. The molecule has 0 saturated carbocycles. The van der Waals surface area contributed by atoms with E-state index in [0.29, 0.717) is 11.5 Å². The number of ether oxygens (including phenoxy) is 1. The quantitative estimate of drug-likeness (QED) is 0.478. The monoisotopic (exact) mass is 387 g/mol. The second-order valence-corrected chi connectivity index (χ2v) is 7.12. The Bertz CT molecular complexity index is 1000. The van der Waals surface area contributed by atoms with Crippen molar-refractivity contribution in [2.75, 3.05) is 5.32 Å². The first kappa shape index (κ1) is 18.2. The summed E-state index contributed by atoms with van der Waals surface area (Å²) in [6.07, 6.45) is 0.594. The van der Waals surface area contributed by atoms with Crippen LogP contribution in [0.5, 0.6) is 5.75 Å². The topological polar surface area (TPSA) is 45.7 Å². The molecule has 140 valence electrons. The van der Waals surface area contributed by atoms with E-state index in [1.54, 1.807) is 0 Å². The lowest BCUT2D eigenvalue weighted by Crippen LogP contribution is -2.28. The van der Waals surface area contributed by atoms with Gasteiger partial charge in [0, 0.05) is 17.7 Å². The van der Waals surface area contributed by atoms with Crippen molar-refractivity contribution in [3.63, 3.8) is 0 Å². The van der Waals surface area contributed by atoms with Crippen LogP contribution in [0.15, 0.2) is 84.0 Å². The van der Waals surface area contributed by atoms with Crippen LogP contribution in [0.2, 0.25) is 0 Å². The van der Waals surface area contributed by atoms with Crippen molar-refractivity contribution in [1.82, 2.24) is 5.43 Å². The molecule has 0 bridgehead atoms. The summed E-state index contributed by atoms with van der Waals surface area (Å²) in [5.74, 6) is 0.834. The molecule has 0 radical (unpaired) electrons. The van der Waals surface area contributed by atoms with E-state index in [1.165, 1.54) is 5.56 Å². The van der Waals surface area contributed by atoms with Gasteiger partial charge in [0.1, 0.15) is 11.9 Å². The SMILES string of the molecule is Cc1ccc(NC(=S)NN=C2C[C@@H](c3ccccc3)Oc3ccccc32)cc1. The summed E-state index contributed by atoms with van der Waals surface area (Å²) < 4.78 is 6.20. The highest BCUT2D eigenvalue weighted by molar-refractivity contribution is 7.80. The predicted molar refractivity (Wildman–Crippen MR) is 118 cm³/mol. The van der Waals surface area contributed by atoms with Crippen LogP contribution in [0, 0.1) is 6.92 Å². The van der Waals surface area contributed by atoms with Crippen LogP contribution < -0.4 is 15.5 Å². The Balaban J connectivity index is 1.53.